The van der Waals surface area contributed by atoms with Crippen LogP contribution in [0.15, 0.2) is 23.2 Å². The summed E-state index contributed by atoms with van der Waals surface area (Å²) in [6, 6.07) is 3.22. The molecule has 2 aromatic heterocycles. The molecule has 166 valence electrons. The summed E-state index contributed by atoms with van der Waals surface area (Å²) in [5.74, 6) is 0. The van der Waals surface area contributed by atoms with Crippen LogP contribution in [-0.2, 0) is 10.0 Å². The molecule has 13 heteroatoms. The van der Waals surface area contributed by atoms with Gasteiger partial charge in [0.15, 0.2) is 0 Å². The Hall–Kier alpha value is -1.92. The first-order chi connectivity index (χ1) is 14.8. The number of aromatic nitrogens is 4. The molecule has 1 aromatic carbocycles. The second-order valence-electron chi connectivity index (χ2n) is 8.06. The number of benzene rings is 1. The number of alkyl halides is 2. The molecule has 0 atom stereocenters. The fourth-order valence-corrected chi connectivity index (χ4v) is 6.54. The Bertz CT molecular complexity index is 1230. The van der Waals surface area contributed by atoms with E-state index in [-0.39, 0.29) is 9.46 Å². The summed E-state index contributed by atoms with van der Waals surface area (Å²) >= 11 is -0.781. The van der Waals surface area contributed by atoms with Crippen LogP contribution in [-0.4, -0.2) is 74.6 Å². The first-order valence-corrected chi connectivity index (χ1v) is 13.1. The van der Waals surface area contributed by atoms with Crippen molar-refractivity contribution in [2.75, 3.05) is 31.1 Å². The van der Waals surface area contributed by atoms with Crippen LogP contribution in [0.2, 0.25) is 0 Å². The Balaban J connectivity index is 1.66. The van der Waals surface area contributed by atoms with Crippen LogP contribution in [0, 0.1) is 0 Å². The van der Waals surface area contributed by atoms with Crippen molar-refractivity contribution in [1.29, 1.82) is 0 Å². The average Bonchev–Trinajstić information content (AvgIpc) is 3.13. The molecule has 0 unspecified atom stereocenters. The quantitative estimate of drug-likeness (QED) is 0.472. The minimum atomic E-state index is -3.77. The summed E-state index contributed by atoms with van der Waals surface area (Å²) in [7, 11) is -3.77. The number of hydrogen-bond donors (Lipinski definition) is 2. The van der Waals surface area contributed by atoms with Crippen molar-refractivity contribution in [2.45, 2.75) is 36.6 Å². The van der Waals surface area contributed by atoms with Crippen LogP contribution >= 0.6 is 0 Å². The van der Waals surface area contributed by atoms with Crippen molar-refractivity contribution in [1.82, 2.24) is 30.0 Å². The van der Waals surface area contributed by atoms with Gasteiger partial charge >= 0.3 is 184 Å². The Kier molecular flexibility index (Phi) is 5.13. The van der Waals surface area contributed by atoms with Crippen LogP contribution in [0.25, 0.3) is 15.6 Å². The summed E-state index contributed by atoms with van der Waals surface area (Å²) in [6.07, 6.45) is 0.560. The number of fused-ring (bicyclic) bond motifs is 1. The topological polar surface area (TPSA) is 105 Å². The third kappa shape index (κ3) is 4.00. The van der Waals surface area contributed by atoms with Crippen molar-refractivity contribution in [3.05, 3.63) is 22.9 Å². The maximum absolute atomic E-state index is 13.1. The average molecular weight is 516 g/mol. The summed E-state index contributed by atoms with van der Waals surface area (Å²) in [6.45, 7) is 4.88. The van der Waals surface area contributed by atoms with E-state index < -0.39 is 36.5 Å². The number of rotatable bonds is 6. The molecule has 0 bridgehead atoms. The molecular weight excluding hydrogens is 495 g/mol. The summed E-state index contributed by atoms with van der Waals surface area (Å²) in [5.41, 5.74) is 0.860. The number of hydrogen-bond acceptors (Lipinski definition) is 7. The van der Waals surface area contributed by atoms with Crippen molar-refractivity contribution < 1.29 is 17.2 Å². The number of halogens is 2. The second-order valence-corrected chi connectivity index (χ2v) is 11.8. The van der Waals surface area contributed by atoms with Gasteiger partial charge in [-0.25, -0.2) is 0 Å². The van der Waals surface area contributed by atoms with Gasteiger partial charge in [-0.15, -0.1) is 0 Å². The molecule has 0 spiro atoms. The molecule has 1 aliphatic carbocycles. The first-order valence-electron chi connectivity index (χ1n) is 9.89. The van der Waals surface area contributed by atoms with Gasteiger partial charge in [-0.05, 0) is 0 Å². The van der Waals surface area contributed by atoms with Crippen LogP contribution in [0.4, 0.5) is 14.5 Å². The predicted octanol–water partition coefficient (Wildman–Crippen LogP) is 1.05. The molecule has 1 aliphatic heterocycles. The van der Waals surface area contributed by atoms with Gasteiger partial charge < -0.3 is 0 Å². The Morgan fingerprint density at radius 1 is 1.23 bits per heavy atom. The molecular formula is C18H21F2N7O2SSe. The van der Waals surface area contributed by atoms with E-state index in [2.05, 4.69) is 30.2 Å². The van der Waals surface area contributed by atoms with Gasteiger partial charge in [0.25, 0.3) is 0 Å². The number of sulfonamides is 1. The molecule has 2 aliphatic rings. The van der Waals surface area contributed by atoms with E-state index in [1.165, 1.54) is 4.68 Å². The zero-order valence-corrected chi connectivity index (χ0v) is 19.2. The number of piperazine rings is 1. The molecule has 1 saturated carbocycles. The van der Waals surface area contributed by atoms with Crippen LogP contribution in [0.3, 0.4) is 0 Å². The minimum absolute atomic E-state index is 0.129. The van der Waals surface area contributed by atoms with Gasteiger partial charge in [0.05, 0.1) is 0 Å². The second kappa shape index (κ2) is 7.59. The van der Waals surface area contributed by atoms with Gasteiger partial charge in [0, 0.05) is 0 Å². The Morgan fingerprint density at radius 2 is 1.97 bits per heavy atom. The molecule has 2 fully saturated rings. The van der Waals surface area contributed by atoms with Gasteiger partial charge in [0.2, 0.25) is 0 Å². The zero-order chi connectivity index (χ0) is 21.8. The van der Waals surface area contributed by atoms with Crippen molar-refractivity contribution in [3.63, 3.8) is 0 Å². The predicted molar refractivity (Wildman–Crippen MR) is 112 cm³/mol. The fourth-order valence-electron chi connectivity index (χ4n) is 3.63. The van der Waals surface area contributed by atoms with E-state index in [1.807, 2.05) is 6.92 Å². The van der Waals surface area contributed by atoms with Gasteiger partial charge in [-0.2, -0.15) is 0 Å². The first kappa shape index (κ1) is 21.0. The van der Waals surface area contributed by atoms with Crippen LogP contribution in [0.5, 0.6) is 0 Å². The van der Waals surface area contributed by atoms with Crippen molar-refractivity contribution >= 4 is 41.1 Å². The third-order valence-electron chi connectivity index (χ3n) is 5.59. The monoisotopic (exact) mass is 517 g/mol. The van der Waals surface area contributed by atoms with Crippen molar-refractivity contribution in [3.8, 4) is 4.69 Å². The molecule has 0 radical (unpaired) electrons. The number of nitrogens with zero attached hydrogens (tertiary/aromatic N) is 5. The van der Waals surface area contributed by atoms with E-state index in [1.54, 1.807) is 18.3 Å². The standard InChI is InChI=1S/C18H21F2N7O2SSe/c1-18(2-3-18)25-30(28,29)11-8-13(26-6-4-21-5-7-26)12-10-22-27(14(12)9-11)17-24-23-16(31-17)15(19)20/h8-10,15,21,25H,2-7H2,1H3. The van der Waals surface area contributed by atoms with Crippen LogP contribution < -0.4 is 14.9 Å². The van der Waals surface area contributed by atoms with Gasteiger partial charge in [-0.1, -0.05) is 0 Å². The number of anilines is 1. The van der Waals surface area contributed by atoms with Crippen LogP contribution in [0.1, 0.15) is 30.8 Å². The number of nitrogens with one attached hydrogen (secondary N) is 2. The van der Waals surface area contributed by atoms with E-state index in [9.17, 15) is 17.2 Å². The molecule has 2 N–H and O–H groups in total. The SMILES string of the molecule is CC1(NS(=O)(=O)c2cc(N3CCNCC3)c3cnn(-c4nnc(C(F)F)[se]4)c3c2)CC1. The molecule has 3 heterocycles. The van der Waals surface area contributed by atoms with E-state index in [0.29, 0.717) is 10.2 Å². The van der Waals surface area contributed by atoms with Crippen molar-refractivity contribution in [2.24, 2.45) is 0 Å². The molecule has 3 aromatic rings. The molecule has 5 rings (SSSR count). The van der Waals surface area contributed by atoms with Gasteiger partial charge in [-0.3, -0.25) is 0 Å². The summed E-state index contributed by atoms with van der Waals surface area (Å²) < 4.78 is 56.6. The van der Waals surface area contributed by atoms with Gasteiger partial charge in [0.1, 0.15) is 0 Å². The Labute approximate surface area is 183 Å². The molecule has 1 saturated heterocycles. The summed E-state index contributed by atoms with van der Waals surface area (Å²) in [5, 5.41) is 15.9. The third-order valence-corrected chi connectivity index (χ3v) is 9.11. The zero-order valence-electron chi connectivity index (χ0n) is 16.7. The maximum atomic E-state index is 13.1. The molecule has 0 amide bonds. The molecule has 31 heavy (non-hydrogen) atoms. The van der Waals surface area contributed by atoms with E-state index >= 15 is 0 Å². The molecule has 9 nitrogen and oxygen atoms in total. The summed E-state index contributed by atoms with van der Waals surface area (Å²) in [4.78, 5) is 2.25. The Morgan fingerprint density at radius 3 is 2.61 bits per heavy atom. The normalized spacial score (nSPS) is 18.8. The van der Waals surface area contributed by atoms with E-state index in [4.69, 9.17) is 0 Å². The fraction of sp³-hybridized carbons (Fsp3) is 0.500. The van der Waals surface area contributed by atoms with E-state index in [0.717, 1.165) is 50.1 Å².